The zero-order valence-corrected chi connectivity index (χ0v) is 18.1. The molecule has 1 saturated carbocycles. The summed E-state index contributed by atoms with van der Waals surface area (Å²) >= 11 is 6.54. The van der Waals surface area contributed by atoms with Crippen LogP contribution in [0, 0.1) is 11.8 Å². The predicted octanol–water partition coefficient (Wildman–Crippen LogP) is 2.59. The van der Waals surface area contributed by atoms with Gasteiger partial charge in [0.1, 0.15) is 5.82 Å². The first-order chi connectivity index (χ1) is 15.0. The summed E-state index contributed by atoms with van der Waals surface area (Å²) in [6.07, 6.45) is 10.1. The van der Waals surface area contributed by atoms with Crippen LogP contribution in [0.15, 0.2) is 31.0 Å². The second kappa shape index (κ2) is 7.09. The molecule has 1 saturated heterocycles. The number of rotatable bonds is 5. The fourth-order valence-electron chi connectivity index (χ4n) is 4.93. The molecular weight excluding hydrogens is 414 g/mol. The topological polar surface area (TPSA) is 80.9 Å². The van der Waals surface area contributed by atoms with Gasteiger partial charge in [-0.05, 0) is 37.2 Å². The van der Waals surface area contributed by atoms with Gasteiger partial charge in [-0.25, -0.2) is 9.97 Å². The van der Waals surface area contributed by atoms with E-state index in [1.807, 2.05) is 23.9 Å². The number of aromatic nitrogens is 5. The Labute approximate surface area is 185 Å². The van der Waals surface area contributed by atoms with Crippen molar-refractivity contribution in [2.24, 2.45) is 18.9 Å². The van der Waals surface area contributed by atoms with Gasteiger partial charge in [0.25, 0.3) is 5.91 Å². The molecule has 3 atom stereocenters. The third-order valence-corrected chi connectivity index (χ3v) is 7.19. The zero-order valence-electron chi connectivity index (χ0n) is 17.3. The lowest BCUT2D eigenvalue weighted by Gasteiger charge is -2.19. The van der Waals surface area contributed by atoms with Crippen LogP contribution in [0.5, 0.6) is 0 Å². The van der Waals surface area contributed by atoms with Gasteiger partial charge in [0.2, 0.25) is 0 Å². The standard InChI is InChI=1S/C22H24ClN7O/c1-28-12-25-21-18(2-3-19(21)28)27-22(31)16-7-26-30(11-16)10-15-6-24-20(5-17(15)23)29-8-13-4-14(13)9-29/h5-7,11-14,18H,2-4,8-10H2,1H3,(H,27,31)/t13?,14?,18-/m1/s1. The molecule has 0 spiro atoms. The highest BCUT2D eigenvalue weighted by Crippen LogP contribution is 2.46. The Balaban J connectivity index is 1.12. The van der Waals surface area contributed by atoms with Crippen molar-refractivity contribution < 1.29 is 4.79 Å². The van der Waals surface area contributed by atoms with Gasteiger partial charge in [-0.1, -0.05) is 11.6 Å². The van der Waals surface area contributed by atoms with Crippen LogP contribution < -0.4 is 10.2 Å². The van der Waals surface area contributed by atoms with E-state index in [1.54, 1.807) is 23.4 Å². The summed E-state index contributed by atoms with van der Waals surface area (Å²) in [4.78, 5) is 24.1. The van der Waals surface area contributed by atoms with Gasteiger partial charge in [-0.3, -0.25) is 9.48 Å². The number of amides is 1. The highest BCUT2D eigenvalue weighted by Gasteiger charge is 2.45. The lowest BCUT2D eigenvalue weighted by atomic mass is 10.2. The molecule has 2 aliphatic carbocycles. The maximum Gasteiger partial charge on any atom is 0.255 e. The molecule has 0 radical (unpaired) electrons. The van der Waals surface area contributed by atoms with Crippen LogP contribution in [-0.2, 0) is 20.0 Å². The summed E-state index contributed by atoms with van der Waals surface area (Å²) < 4.78 is 3.75. The third-order valence-electron chi connectivity index (χ3n) is 6.84. The van der Waals surface area contributed by atoms with Crippen molar-refractivity contribution in [1.29, 1.82) is 0 Å². The SMILES string of the molecule is Cn1cnc2c1CC[C@H]2NC(=O)c1cnn(Cc2cnc(N3CC4CC4C3)cc2Cl)c1. The number of imidazole rings is 1. The molecule has 8 nitrogen and oxygen atoms in total. The normalized spacial score (nSPS) is 23.7. The van der Waals surface area contributed by atoms with E-state index in [9.17, 15) is 4.79 Å². The summed E-state index contributed by atoms with van der Waals surface area (Å²) in [5.41, 5.74) is 3.58. The number of carbonyl (C=O) groups excluding carboxylic acids is 1. The highest BCUT2D eigenvalue weighted by molar-refractivity contribution is 6.31. The molecule has 3 aromatic rings. The lowest BCUT2D eigenvalue weighted by molar-refractivity contribution is 0.0936. The second-order valence-corrected chi connectivity index (χ2v) is 9.38. The molecule has 1 aliphatic heterocycles. The average Bonchev–Trinajstić information content (AvgIpc) is 3.22. The van der Waals surface area contributed by atoms with E-state index >= 15 is 0 Å². The van der Waals surface area contributed by atoms with Gasteiger partial charge in [-0.15, -0.1) is 0 Å². The minimum atomic E-state index is -0.137. The fraction of sp³-hybridized carbons (Fsp3) is 0.455. The van der Waals surface area contributed by atoms with Crippen LogP contribution in [0.1, 0.15) is 46.2 Å². The fourth-order valence-corrected chi connectivity index (χ4v) is 5.14. The highest BCUT2D eigenvalue weighted by atomic mass is 35.5. The van der Waals surface area contributed by atoms with E-state index < -0.39 is 0 Å². The van der Waals surface area contributed by atoms with Crippen LogP contribution in [0.4, 0.5) is 5.82 Å². The first kappa shape index (κ1) is 18.9. The molecule has 2 fully saturated rings. The molecule has 2 unspecified atom stereocenters. The minimum absolute atomic E-state index is 0.0464. The number of hydrogen-bond donors (Lipinski definition) is 1. The van der Waals surface area contributed by atoms with Crippen molar-refractivity contribution in [3.63, 3.8) is 0 Å². The van der Waals surface area contributed by atoms with Crippen LogP contribution in [-0.4, -0.2) is 43.3 Å². The Bertz CT molecular complexity index is 1160. The second-order valence-electron chi connectivity index (χ2n) is 8.97. The summed E-state index contributed by atoms with van der Waals surface area (Å²) in [5.74, 6) is 2.51. The molecule has 31 heavy (non-hydrogen) atoms. The van der Waals surface area contributed by atoms with E-state index in [-0.39, 0.29) is 11.9 Å². The molecule has 0 bridgehead atoms. The van der Waals surface area contributed by atoms with E-state index in [1.165, 1.54) is 12.1 Å². The summed E-state index contributed by atoms with van der Waals surface area (Å²) in [6, 6.07) is 1.90. The predicted molar refractivity (Wildman–Crippen MR) is 116 cm³/mol. The molecule has 3 aliphatic rings. The smallest absolute Gasteiger partial charge is 0.255 e. The Morgan fingerprint density at radius 1 is 1.26 bits per heavy atom. The molecule has 0 aromatic carbocycles. The largest absolute Gasteiger partial charge is 0.356 e. The molecule has 6 rings (SSSR count). The Hall–Kier alpha value is -2.87. The number of piperidine rings is 1. The molecule has 1 N–H and O–H groups in total. The number of hydrogen-bond acceptors (Lipinski definition) is 5. The summed E-state index contributed by atoms with van der Waals surface area (Å²) in [5, 5.41) is 8.12. The maximum atomic E-state index is 12.7. The van der Waals surface area contributed by atoms with Crippen molar-refractivity contribution in [2.75, 3.05) is 18.0 Å². The number of nitrogens with one attached hydrogen (secondary N) is 1. The van der Waals surface area contributed by atoms with Crippen molar-refractivity contribution in [3.8, 4) is 0 Å². The molecule has 4 heterocycles. The molecule has 3 aromatic heterocycles. The monoisotopic (exact) mass is 437 g/mol. The maximum absolute atomic E-state index is 12.7. The molecule has 9 heteroatoms. The van der Waals surface area contributed by atoms with Crippen molar-refractivity contribution in [3.05, 3.63) is 58.5 Å². The Kier molecular flexibility index (Phi) is 4.31. The molecule has 1 amide bonds. The average molecular weight is 438 g/mol. The lowest BCUT2D eigenvalue weighted by Crippen LogP contribution is -2.27. The first-order valence-electron chi connectivity index (χ1n) is 10.8. The Morgan fingerprint density at radius 3 is 2.90 bits per heavy atom. The molecule has 160 valence electrons. The first-order valence-corrected chi connectivity index (χ1v) is 11.2. The quantitative estimate of drug-likeness (QED) is 0.663. The Morgan fingerprint density at radius 2 is 2.10 bits per heavy atom. The third kappa shape index (κ3) is 3.39. The van der Waals surface area contributed by atoms with Crippen LogP contribution in [0.25, 0.3) is 0 Å². The van der Waals surface area contributed by atoms with Crippen LogP contribution in [0.3, 0.4) is 0 Å². The zero-order chi connectivity index (χ0) is 21.1. The number of aryl methyl sites for hydroxylation is 1. The van der Waals surface area contributed by atoms with E-state index in [0.29, 0.717) is 17.1 Å². The van der Waals surface area contributed by atoms with Gasteiger partial charge < -0.3 is 14.8 Å². The minimum Gasteiger partial charge on any atom is -0.356 e. The number of halogens is 1. The van der Waals surface area contributed by atoms with E-state index in [0.717, 1.165) is 54.8 Å². The van der Waals surface area contributed by atoms with Crippen molar-refractivity contribution >= 4 is 23.3 Å². The van der Waals surface area contributed by atoms with Gasteiger partial charge in [0.15, 0.2) is 0 Å². The van der Waals surface area contributed by atoms with Crippen molar-refractivity contribution in [1.82, 2.24) is 29.6 Å². The number of anilines is 1. The number of carbonyl (C=O) groups is 1. The van der Waals surface area contributed by atoms with Gasteiger partial charge >= 0.3 is 0 Å². The summed E-state index contributed by atoms with van der Waals surface area (Å²) in [6.45, 7) is 2.65. The molecular formula is C22H24ClN7O. The van der Waals surface area contributed by atoms with Gasteiger partial charge in [0, 0.05) is 43.8 Å². The van der Waals surface area contributed by atoms with Gasteiger partial charge in [-0.2, -0.15) is 5.10 Å². The number of pyridine rings is 1. The van der Waals surface area contributed by atoms with Crippen molar-refractivity contribution in [2.45, 2.75) is 31.8 Å². The van der Waals surface area contributed by atoms with E-state index in [4.69, 9.17) is 11.6 Å². The van der Waals surface area contributed by atoms with Gasteiger partial charge in [0.05, 0.1) is 41.4 Å². The number of nitrogens with zero attached hydrogens (tertiary/aromatic N) is 6. The van der Waals surface area contributed by atoms with E-state index in [2.05, 4.69) is 25.3 Å². The van der Waals surface area contributed by atoms with Crippen LogP contribution in [0.2, 0.25) is 5.02 Å². The summed E-state index contributed by atoms with van der Waals surface area (Å²) in [7, 11) is 1.99. The van der Waals surface area contributed by atoms with Crippen LogP contribution >= 0.6 is 11.6 Å². The number of fused-ring (bicyclic) bond motifs is 2.